The summed E-state index contributed by atoms with van der Waals surface area (Å²) < 4.78 is 5.13. The molecule has 0 bridgehead atoms. The van der Waals surface area contributed by atoms with Crippen LogP contribution in [-0.2, 0) is 16.0 Å². The second kappa shape index (κ2) is 7.53. The van der Waals surface area contributed by atoms with Crippen molar-refractivity contribution in [2.75, 3.05) is 13.7 Å². The van der Waals surface area contributed by atoms with Gasteiger partial charge in [-0.3, -0.25) is 9.59 Å². The molecule has 110 valence electrons. The van der Waals surface area contributed by atoms with Gasteiger partial charge in [0, 0.05) is 12.5 Å². The van der Waals surface area contributed by atoms with E-state index in [1.165, 1.54) is 6.92 Å². The Morgan fingerprint density at radius 3 is 2.60 bits per heavy atom. The normalized spacial score (nSPS) is 13.3. The van der Waals surface area contributed by atoms with Gasteiger partial charge in [0.05, 0.1) is 13.0 Å². The molecule has 20 heavy (non-hydrogen) atoms. The Bertz CT molecular complexity index is 473. The van der Waals surface area contributed by atoms with Gasteiger partial charge in [-0.25, -0.2) is 0 Å². The molecule has 0 heterocycles. The summed E-state index contributed by atoms with van der Waals surface area (Å²) in [5.74, 6) is -1.64. The van der Waals surface area contributed by atoms with Crippen molar-refractivity contribution in [1.82, 2.24) is 5.32 Å². The van der Waals surface area contributed by atoms with Crippen LogP contribution in [0.2, 0.25) is 0 Å². The zero-order chi connectivity index (χ0) is 15.1. The fourth-order valence-electron chi connectivity index (χ4n) is 1.76. The van der Waals surface area contributed by atoms with E-state index in [1.807, 2.05) is 24.3 Å². The average molecular weight is 279 g/mol. The van der Waals surface area contributed by atoms with Crippen LogP contribution in [-0.4, -0.2) is 30.6 Å². The van der Waals surface area contributed by atoms with Crippen molar-refractivity contribution >= 4 is 11.9 Å². The Morgan fingerprint density at radius 1 is 1.30 bits per heavy atom. The molecule has 0 radical (unpaired) electrons. The number of hydrogen-bond acceptors (Lipinski definition) is 3. The standard InChI is InChI=1S/C15H21NO4/c1-10(11(2)15(18)19)14(17)16-8-7-12-5-4-6-13(9-12)20-3/h4-6,9-11H,7-8H2,1-3H3,(H,16,17)(H,18,19). The van der Waals surface area contributed by atoms with Crippen molar-refractivity contribution in [2.24, 2.45) is 11.8 Å². The number of benzene rings is 1. The van der Waals surface area contributed by atoms with Gasteiger partial charge in [-0.1, -0.05) is 26.0 Å². The van der Waals surface area contributed by atoms with E-state index in [4.69, 9.17) is 9.84 Å². The fraction of sp³-hybridized carbons (Fsp3) is 0.467. The van der Waals surface area contributed by atoms with E-state index in [2.05, 4.69) is 5.32 Å². The Kier molecular flexibility index (Phi) is 6.03. The van der Waals surface area contributed by atoms with Crippen molar-refractivity contribution in [1.29, 1.82) is 0 Å². The fourth-order valence-corrected chi connectivity index (χ4v) is 1.76. The Hall–Kier alpha value is -2.04. The molecule has 0 aromatic heterocycles. The van der Waals surface area contributed by atoms with Crippen LogP contribution in [0.25, 0.3) is 0 Å². The van der Waals surface area contributed by atoms with Gasteiger partial charge in [0.1, 0.15) is 5.75 Å². The number of carbonyl (C=O) groups excluding carboxylic acids is 1. The first-order chi connectivity index (χ1) is 9.45. The van der Waals surface area contributed by atoms with Gasteiger partial charge in [0.15, 0.2) is 0 Å². The predicted octanol–water partition coefficient (Wildman–Crippen LogP) is 1.71. The molecule has 0 saturated carbocycles. The summed E-state index contributed by atoms with van der Waals surface area (Å²) in [6.45, 7) is 3.64. The molecule has 0 fully saturated rings. The summed E-state index contributed by atoms with van der Waals surface area (Å²) in [5.41, 5.74) is 1.06. The number of carboxylic acids is 1. The van der Waals surface area contributed by atoms with Crippen molar-refractivity contribution in [3.63, 3.8) is 0 Å². The minimum absolute atomic E-state index is 0.234. The van der Waals surface area contributed by atoms with Gasteiger partial charge < -0.3 is 15.2 Å². The van der Waals surface area contributed by atoms with Crippen LogP contribution in [0.15, 0.2) is 24.3 Å². The predicted molar refractivity (Wildman–Crippen MR) is 75.7 cm³/mol. The second-order valence-corrected chi connectivity index (χ2v) is 4.81. The monoisotopic (exact) mass is 279 g/mol. The molecular formula is C15H21NO4. The highest BCUT2D eigenvalue weighted by Gasteiger charge is 2.25. The lowest BCUT2D eigenvalue weighted by molar-refractivity contribution is -0.146. The van der Waals surface area contributed by atoms with Crippen molar-refractivity contribution in [3.8, 4) is 5.75 Å². The first-order valence-corrected chi connectivity index (χ1v) is 6.59. The molecule has 1 amide bonds. The number of amides is 1. The number of carboxylic acid groups (broad SMARTS) is 1. The smallest absolute Gasteiger partial charge is 0.307 e. The molecule has 0 spiro atoms. The molecule has 0 aliphatic heterocycles. The molecule has 1 aromatic carbocycles. The number of rotatable bonds is 7. The summed E-state index contributed by atoms with van der Waals surface area (Å²) in [6, 6.07) is 7.62. The lowest BCUT2D eigenvalue weighted by atomic mass is 9.95. The molecule has 5 nitrogen and oxygen atoms in total. The van der Waals surface area contributed by atoms with Crippen LogP contribution in [0.5, 0.6) is 5.75 Å². The number of aliphatic carboxylic acids is 1. The van der Waals surface area contributed by atoms with Crippen LogP contribution in [0.1, 0.15) is 19.4 Å². The van der Waals surface area contributed by atoms with Gasteiger partial charge in [-0.2, -0.15) is 0 Å². The van der Waals surface area contributed by atoms with Crippen LogP contribution in [0.4, 0.5) is 0 Å². The highest BCUT2D eigenvalue weighted by molar-refractivity contribution is 5.84. The second-order valence-electron chi connectivity index (χ2n) is 4.81. The lowest BCUT2D eigenvalue weighted by Gasteiger charge is -2.15. The third-order valence-corrected chi connectivity index (χ3v) is 3.40. The molecule has 0 aliphatic carbocycles. The summed E-state index contributed by atoms with van der Waals surface area (Å²) >= 11 is 0. The van der Waals surface area contributed by atoms with Crippen LogP contribution >= 0.6 is 0 Å². The van der Waals surface area contributed by atoms with Crippen LogP contribution in [0, 0.1) is 11.8 Å². The molecule has 1 aromatic rings. The van der Waals surface area contributed by atoms with E-state index < -0.39 is 17.8 Å². The van der Waals surface area contributed by atoms with E-state index in [0.29, 0.717) is 13.0 Å². The minimum atomic E-state index is -0.958. The maximum atomic E-state index is 11.8. The molecular weight excluding hydrogens is 258 g/mol. The Morgan fingerprint density at radius 2 is 2.00 bits per heavy atom. The molecule has 2 N–H and O–H groups in total. The maximum Gasteiger partial charge on any atom is 0.307 e. The third-order valence-electron chi connectivity index (χ3n) is 3.40. The van der Waals surface area contributed by atoms with Crippen molar-refractivity contribution in [2.45, 2.75) is 20.3 Å². The number of ether oxygens (including phenoxy) is 1. The molecule has 0 aliphatic rings. The SMILES string of the molecule is COc1cccc(CCNC(=O)C(C)C(C)C(=O)O)c1. The van der Waals surface area contributed by atoms with E-state index in [-0.39, 0.29) is 5.91 Å². The van der Waals surface area contributed by atoms with Crippen molar-refractivity contribution < 1.29 is 19.4 Å². The Balaban J connectivity index is 2.43. The zero-order valence-corrected chi connectivity index (χ0v) is 12.1. The van der Waals surface area contributed by atoms with Gasteiger partial charge in [-0.15, -0.1) is 0 Å². The van der Waals surface area contributed by atoms with E-state index in [9.17, 15) is 9.59 Å². The highest BCUT2D eigenvalue weighted by atomic mass is 16.5. The summed E-state index contributed by atoms with van der Waals surface area (Å²) in [6.07, 6.45) is 0.678. The molecule has 5 heteroatoms. The minimum Gasteiger partial charge on any atom is -0.497 e. The van der Waals surface area contributed by atoms with E-state index in [1.54, 1.807) is 14.0 Å². The third kappa shape index (κ3) is 4.57. The molecule has 1 rings (SSSR count). The van der Waals surface area contributed by atoms with E-state index >= 15 is 0 Å². The molecule has 2 unspecified atom stereocenters. The van der Waals surface area contributed by atoms with Crippen molar-refractivity contribution in [3.05, 3.63) is 29.8 Å². The van der Waals surface area contributed by atoms with Crippen LogP contribution in [0.3, 0.4) is 0 Å². The largest absolute Gasteiger partial charge is 0.497 e. The van der Waals surface area contributed by atoms with Gasteiger partial charge in [0.25, 0.3) is 0 Å². The zero-order valence-electron chi connectivity index (χ0n) is 12.1. The number of methoxy groups -OCH3 is 1. The van der Waals surface area contributed by atoms with Gasteiger partial charge >= 0.3 is 5.97 Å². The quantitative estimate of drug-likeness (QED) is 0.796. The summed E-state index contributed by atoms with van der Waals surface area (Å²) in [7, 11) is 1.61. The molecule has 0 saturated heterocycles. The summed E-state index contributed by atoms with van der Waals surface area (Å²) in [5, 5.41) is 11.6. The number of hydrogen-bond donors (Lipinski definition) is 2. The first kappa shape index (κ1) is 16.0. The average Bonchev–Trinajstić information content (AvgIpc) is 2.45. The highest BCUT2D eigenvalue weighted by Crippen LogP contribution is 2.13. The number of carbonyl (C=O) groups is 2. The topological polar surface area (TPSA) is 75.6 Å². The van der Waals surface area contributed by atoms with Gasteiger partial charge in [0.2, 0.25) is 5.91 Å². The van der Waals surface area contributed by atoms with Crippen LogP contribution < -0.4 is 10.1 Å². The first-order valence-electron chi connectivity index (χ1n) is 6.59. The summed E-state index contributed by atoms with van der Waals surface area (Å²) in [4.78, 5) is 22.6. The van der Waals surface area contributed by atoms with Gasteiger partial charge in [-0.05, 0) is 24.1 Å². The number of nitrogens with one attached hydrogen (secondary N) is 1. The lowest BCUT2D eigenvalue weighted by Crippen LogP contribution is -2.36. The molecule has 2 atom stereocenters. The Labute approximate surface area is 118 Å². The van der Waals surface area contributed by atoms with E-state index in [0.717, 1.165) is 11.3 Å². The maximum absolute atomic E-state index is 11.8.